The first kappa shape index (κ1) is 91.9. The Kier molecular flexibility index (Phi) is 56.3. The minimum absolute atomic E-state index is 0.213. The SMILES string of the molecule is CC/C=C\C/C=C\C/C=C\C/C=C\C/C=C\CCCCCCCCCC(=O)NC(COC1OC(CO)C(OC2OC(CO)C(OC3OC(CO)C(O)C(O)C3O)C(O)C2O)C(O)C1O)C(O)/C=C/CC/C=C/CC/C=C/CCCCCCCCCCCCCCCCCCCCCCCCC. The van der Waals surface area contributed by atoms with Gasteiger partial charge in [-0.3, -0.25) is 4.79 Å². The fourth-order valence-corrected chi connectivity index (χ4v) is 13.0. The van der Waals surface area contributed by atoms with Crippen LogP contribution in [0.15, 0.2) is 97.2 Å². The number of carbonyl (C=O) groups is 1. The fraction of sp³-hybridized carbons (Fsp3) is 0.793. The van der Waals surface area contributed by atoms with E-state index in [9.17, 15) is 61.0 Å². The molecule has 0 radical (unpaired) electrons. The number of allylic oxidation sites excluding steroid dienone is 15. The standard InChI is InChI=1S/C82H143NO18/c1-3-5-7-9-11-13-15-17-19-21-23-25-27-28-29-30-31-32-33-34-35-36-38-39-41-43-45-47-49-51-53-55-57-59-66(87)65(83-70(88)60-58-56-54-52-50-48-46-44-42-40-37-26-24-22-20-18-16-14-12-10-8-6-4-2)64-96-80-76(94)73(91)78(68(62-85)98-80)101-82-77(95)74(92)79(69(63-86)99-82)100-81-75(93)72(90)71(89)67(61-84)97-81/h6,8,12,14,18,20,24,26,40-43,49,51,57,59,65-69,71-82,84-87,89-95H,3-5,7,9-11,13,15-17,19,21-23,25,27-39,44-48,50,52-56,58,60-64H2,1-2H3,(H,83,88)/b8-6-,14-12-,20-18-,26-24-,42-40-,43-41+,51-49+,59-57+. The Morgan fingerprint density at radius 1 is 0.366 bits per heavy atom. The van der Waals surface area contributed by atoms with Gasteiger partial charge in [0.25, 0.3) is 0 Å². The summed E-state index contributed by atoms with van der Waals surface area (Å²) in [5, 5.41) is 121. The molecule has 0 aromatic carbocycles. The smallest absolute Gasteiger partial charge is 0.220 e. The first-order chi connectivity index (χ1) is 49.3. The second-order valence-corrected chi connectivity index (χ2v) is 28.1. The summed E-state index contributed by atoms with van der Waals surface area (Å²) in [5.41, 5.74) is 0. The van der Waals surface area contributed by atoms with Crippen LogP contribution >= 0.6 is 0 Å². The largest absolute Gasteiger partial charge is 0.394 e. The van der Waals surface area contributed by atoms with Crippen LogP contribution in [0.2, 0.25) is 0 Å². The van der Waals surface area contributed by atoms with Crippen molar-refractivity contribution in [2.45, 2.75) is 388 Å². The van der Waals surface area contributed by atoms with Crippen molar-refractivity contribution in [1.29, 1.82) is 0 Å². The van der Waals surface area contributed by atoms with Crippen LogP contribution in [-0.4, -0.2) is 193 Å². The molecule has 3 aliphatic rings. The van der Waals surface area contributed by atoms with E-state index in [1.165, 1.54) is 148 Å². The minimum atomic E-state index is -1.99. The third-order valence-electron chi connectivity index (χ3n) is 19.3. The molecule has 3 heterocycles. The summed E-state index contributed by atoms with van der Waals surface area (Å²) in [5.74, 6) is -0.302. The Morgan fingerprint density at radius 2 is 0.693 bits per heavy atom. The van der Waals surface area contributed by atoms with Gasteiger partial charge in [-0.1, -0.05) is 284 Å². The van der Waals surface area contributed by atoms with Crippen LogP contribution in [0.5, 0.6) is 0 Å². The number of ether oxygens (including phenoxy) is 6. The Labute approximate surface area is 609 Å². The summed E-state index contributed by atoms with van der Waals surface area (Å²) in [6, 6.07) is -1.01. The van der Waals surface area contributed by atoms with Crippen LogP contribution in [0.4, 0.5) is 0 Å². The second-order valence-electron chi connectivity index (χ2n) is 28.1. The predicted octanol–water partition coefficient (Wildman–Crippen LogP) is 13.2. The van der Waals surface area contributed by atoms with E-state index in [-0.39, 0.29) is 18.9 Å². The molecule has 0 saturated carbocycles. The van der Waals surface area contributed by atoms with Gasteiger partial charge >= 0.3 is 0 Å². The number of aliphatic hydroxyl groups is 11. The molecule has 17 unspecified atom stereocenters. The van der Waals surface area contributed by atoms with Crippen molar-refractivity contribution in [3.63, 3.8) is 0 Å². The molecule has 3 rings (SSSR count). The molecule has 12 N–H and O–H groups in total. The number of amides is 1. The van der Waals surface area contributed by atoms with E-state index in [0.717, 1.165) is 103 Å². The average Bonchev–Trinajstić information content (AvgIpc) is 0.782. The predicted molar refractivity (Wildman–Crippen MR) is 401 cm³/mol. The molecular formula is C82H143NO18. The molecule has 0 spiro atoms. The zero-order valence-corrected chi connectivity index (χ0v) is 62.4. The molecule has 19 nitrogen and oxygen atoms in total. The Hall–Kier alpha value is -3.29. The molecule has 0 aliphatic carbocycles. The average molecular weight is 1430 g/mol. The molecule has 584 valence electrons. The molecule has 101 heavy (non-hydrogen) atoms. The summed E-state index contributed by atoms with van der Waals surface area (Å²) >= 11 is 0. The highest BCUT2D eigenvalue weighted by atomic mass is 16.8. The number of hydrogen-bond acceptors (Lipinski definition) is 18. The molecule has 17 atom stereocenters. The van der Waals surface area contributed by atoms with Gasteiger partial charge in [0.15, 0.2) is 18.9 Å². The first-order valence-corrected chi connectivity index (χ1v) is 40.0. The molecular weight excluding hydrogens is 1290 g/mol. The van der Waals surface area contributed by atoms with Crippen molar-refractivity contribution in [2.75, 3.05) is 26.4 Å². The zero-order valence-electron chi connectivity index (χ0n) is 62.4. The highest BCUT2D eigenvalue weighted by Gasteiger charge is 2.54. The van der Waals surface area contributed by atoms with E-state index in [4.69, 9.17) is 28.4 Å². The van der Waals surface area contributed by atoms with Crippen LogP contribution in [-0.2, 0) is 33.2 Å². The Balaban J connectivity index is 1.40. The topological polar surface area (TPSA) is 307 Å². The Bertz CT molecular complexity index is 2200. The van der Waals surface area contributed by atoms with E-state index in [0.29, 0.717) is 12.8 Å². The lowest BCUT2D eigenvalue weighted by molar-refractivity contribution is -0.379. The third kappa shape index (κ3) is 42.0. The van der Waals surface area contributed by atoms with Gasteiger partial charge in [-0.15, -0.1) is 0 Å². The number of carbonyl (C=O) groups excluding carboxylic acids is 1. The van der Waals surface area contributed by atoms with Crippen LogP contribution in [0.25, 0.3) is 0 Å². The summed E-state index contributed by atoms with van der Waals surface area (Å²) in [4.78, 5) is 13.5. The third-order valence-corrected chi connectivity index (χ3v) is 19.3. The van der Waals surface area contributed by atoms with Gasteiger partial charge < -0.3 is 89.9 Å². The number of aliphatic hydroxyl groups excluding tert-OH is 11. The van der Waals surface area contributed by atoms with E-state index >= 15 is 0 Å². The highest BCUT2D eigenvalue weighted by molar-refractivity contribution is 5.76. The summed E-state index contributed by atoms with van der Waals surface area (Å²) in [6.45, 7) is 1.60. The first-order valence-electron chi connectivity index (χ1n) is 40.0. The summed E-state index contributed by atoms with van der Waals surface area (Å²) in [7, 11) is 0. The monoisotopic (exact) mass is 1430 g/mol. The van der Waals surface area contributed by atoms with E-state index in [1.54, 1.807) is 6.08 Å². The normalized spacial score (nSPS) is 26.8. The van der Waals surface area contributed by atoms with Crippen molar-refractivity contribution >= 4 is 5.91 Å². The second kappa shape index (κ2) is 61.8. The van der Waals surface area contributed by atoms with Gasteiger partial charge in [0, 0.05) is 6.42 Å². The fourth-order valence-electron chi connectivity index (χ4n) is 13.0. The highest BCUT2D eigenvalue weighted by Crippen LogP contribution is 2.33. The summed E-state index contributed by atoms with van der Waals surface area (Å²) < 4.78 is 34.4. The van der Waals surface area contributed by atoms with Crippen LogP contribution < -0.4 is 5.32 Å². The van der Waals surface area contributed by atoms with Crippen LogP contribution in [0.3, 0.4) is 0 Å². The van der Waals surface area contributed by atoms with Crippen molar-refractivity contribution in [3.8, 4) is 0 Å². The minimum Gasteiger partial charge on any atom is -0.394 e. The molecule has 3 saturated heterocycles. The number of unbranched alkanes of at least 4 members (excludes halogenated alkanes) is 32. The number of hydrogen-bond donors (Lipinski definition) is 12. The molecule has 0 aromatic rings. The number of rotatable bonds is 62. The lowest BCUT2D eigenvalue weighted by Crippen LogP contribution is -2.66. The van der Waals surface area contributed by atoms with Gasteiger partial charge in [0.1, 0.15) is 73.2 Å². The van der Waals surface area contributed by atoms with Gasteiger partial charge in [-0.2, -0.15) is 0 Å². The van der Waals surface area contributed by atoms with Gasteiger partial charge in [0.05, 0.1) is 38.6 Å². The van der Waals surface area contributed by atoms with Gasteiger partial charge in [-0.05, 0) is 89.9 Å². The lowest BCUT2D eigenvalue weighted by atomic mass is 9.96. The maximum atomic E-state index is 13.5. The number of nitrogens with one attached hydrogen (secondary N) is 1. The van der Waals surface area contributed by atoms with Gasteiger partial charge in [-0.25, -0.2) is 0 Å². The zero-order chi connectivity index (χ0) is 73.2. The van der Waals surface area contributed by atoms with Gasteiger partial charge in [0.2, 0.25) is 5.91 Å². The van der Waals surface area contributed by atoms with E-state index in [2.05, 4.69) is 104 Å². The van der Waals surface area contributed by atoms with Crippen molar-refractivity contribution in [1.82, 2.24) is 5.32 Å². The Morgan fingerprint density at radius 3 is 1.11 bits per heavy atom. The maximum Gasteiger partial charge on any atom is 0.220 e. The molecule has 0 aromatic heterocycles. The van der Waals surface area contributed by atoms with E-state index in [1.807, 2.05) is 6.08 Å². The lowest BCUT2D eigenvalue weighted by Gasteiger charge is -2.48. The van der Waals surface area contributed by atoms with E-state index < -0.39 is 124 Å². The van der Waals surface area contributed by atoms with Crippen molar-refractivity contribution in [2.24, 2.45) is 0 Å². The molecule has 19 heteroatoms. The molecule has 3 aliphatic heterocycles. The van der Waals surface area contributed by atoms with Crippen LogP contribution in [0, 0.1) is 0 Å². The maximum absolute atomic E-state index is 13.5. The van der Waals surface area contributed by atoms with Crippen molar-refractivity contribution in [3.05, 3.63) is 97.2 Å². The molecule has 3 fully saturated rings. The summed E-state index contributed by atoms with van der Waals surface area (Å²) in [6.07, 6.45) is 56.9. The molecule has 0 bridgehead atoms. The van der Waals surface area contributed by atoms with Crippen LogP contribution in [0.1, 0.15) is 284 Å². The van der Waals surface area contributed by atoms with Crippen molar-refractivity contribution < 1.29 is 89.4 Å². The quantitative estimate of drug-likeness (QED) is 0.0199. The molecule has 1 amide bonds.